The van der Waals surface area contributed by atoms with Gasteiger partial charge >= 0.3 is 0 Å². The van der Waals surface area contributed by atoms with E-state index in [1.165, 1.54) is 0 Å². The maximum atomic E-state index is 12.7. The van der Waals surface area contributed by atoms with Gasteiger partial charge in [0.15, 0.2) is 0 Å². The van der Waals surface area contributed by atoms with Crippen molar-refractivity contribution in [3.8, 4) is 23.0 Å². The van der Waals surface area contributed by atoms with E-state index in [4.69, 9.17) is 13.9 Å². The van der Waals surface area contributed by atoms with Gasteiger partial charge in [-0.2, -0.15) is 0 Å². The second-order valence-electron chi connectivity index (χ2n) is 6.83. The first-order valence-electron chi connectivity index (χ1n) is 9.86. The molecule has 0 radical (unpaired) electrons. The molecule has 0 aliphatic heterocycles. The predicted octanol–water partition coefficient (Wildman–Crippen LogP) is 4.86. The van der Waals surface area contributed by atoms with Gasteiger partial charge in [0, 0.05) is 12.1 Å². The van der Waals surface area contributed by atoms with Gasteiger partial charge in [0.2, 0.25) is 5.89 Å². The number of benzene rings is 3. The number of ether oxygens (including phenoxy) is 2. The number of amides is 1. The smallest absolute Gasteiger partial charge is 0.255 e. The normalized spacial score (nSPS) is 10.5. The lowest BCUT2D eigenvalue weighted by Crippen LogP contribution is -2.23. The number of hydrogen-bond acceptors (Lipinski definition) is 5. The molecule has 4 rings (SSSR count). The first kappa shape index (κ1) is 20.2. The summed E-state index contributed by atoms with van der Waals surface area (Å²) in [5, 5.41) is 2.93. The number of para-hydroxylation sites is 1. The highest BCUT2D eigenvalue weighted by atomic mass is 16.5. The highest BCUT2D eigenvalue weighted by Crippen LogP contribution is 2.23. The molecule has 0 aliphatic rings. The van der Waals surface area contributed by atoms with Crippen LogP contribution in [0.3, 0.4) is 0 Å². The molecular formula is C25H22N2O4. The molecule has 6 heteroatoms. The minimum Gasteiger partial charge on any atom is -0.497 e. The molecule has 1 amide bonds. The lowest BCUT2D eigenvalue weighted by molar-refractivity contribution is 0.0946. The topological polar surface area (TPSA) is 73.6 Å². The molecule has 31 heavy (non-hydrogen) atoms. The van der Waals surface area contributed by atoms with E-state index in [1.54, 1.807) is 25.5 Å². The van der Waals surface area contributed by atoms with E-state index in [0.717, 1.165) is 16.9 Å². The molecule has 0 unspecified atom stereocenters. The maximum absolute atomic E-state index is 12.7. The van der Waals surface area contributed by atoms with E-state index in [0.29, 0.717) is 29.4 Å². The quantitative estimate of drug-likeness (QED) is 0.446. The molecular weight excluding hydrogens is 392 g/mol. The fraction of sp³-hybridized carbons (Fsp3) is 0.120. The molecule has 4 aromatic rings. The zero-order chi connectivity index (χ0) is 21.5. The number of nitrogens with zero attached hydrogens (tertiary/aromatic N) is 1. The van der Waals surface area contributed by atoms with Crippen molar-refractivity contribution in [1.29, 1.82) is 0 Å². The Morgan fingerprint density at radius 2 is 1.71 bits per heavy atom. The number of aromatic nitrogens is 1. The summed E-state index contributed by atoms with van der Waals surface area (Å²) < 4.78 is 16.6. The second-order valence-corrected chi connectivity index (χ2v) is 6.83. The average molecular weight is 414 g/mol. The number of hydrogen-bond donors (Lipinski definition) is 1. The molecule has 156 valence electrons. The van der Waals surface area contributed by atoms with Gasteiger partial charge in [0.05, 0.1) is 12.7 Å². The first-order valence-corrected chi connectivity index (χ1v) is 9.86. The van der Waals surface area contributed by atoms with Gasteiger partial charge in [-0.05, 0) is 42.0 Å². The van der Waals surface area contributed by atoms with Crippen molar-refractivity contribution in [2.24, 2.45) is 0 Å². The molecule has 0 atom stereocenters. The SMILES string of the molecule is COc1ccc(-c2nc(COc3ccccc3C(=O)NCc3ccccc3)co2)cc1. The Hall–Kier alpha value is -4.06. The van der Waals surface area contributed by atoms with Crippen molar-refractivity contribution in [3.05, 3.63) is 102 Å². The van der Waals surface area contributed by atoms with Crippen LogP contribution in [0.2, 0.25) is 0 Å². The maximum Gasteiger partial charge on any atom is 0.255 e. The van der Waals surface area contributed by atoms with E-state index in [9.17, 15) is 4.79 Å². The van der Waals surface area contributed by atoms with Gasteiger partial charge in [0.25, 0.3) is 5.91 Å². The Kier molecular flexibility index (Phi) is 6.28. The molecule has 0 saturated heterocycles. The van der Waals surface area contributed by atoms with Gasteiger partial charge in [-0.3, -0.25) is 4.79 Å². The largest absolute Gasteiger partial charge is 0.497 e. The van der Waals surface area contributed by atoms with E-state index in [1.807, 2.05) is 66.7 Å². The Labute approximate surface area is 180 Å². The average Bonchev–Trinajstić information content (AvgIpc) is 3.31. The van der Waals surface area contributed by atoms with Crippen molar-refractivity contribution in [3.63, 3.8) is 0 Å². The van der Waals surface area contributed by atoms with Gasteiger partial charge < -0.3 is 19.2 Å². The van der Waals surface area contributed by atoms with Crippen LogP contribution in [-0.2, 0) is 13.2 Å². The molecule has 0 aliphatic carbocycles. The summed E-state index contributed by atoms with van der Waals surface area (Å²) >= 11 is 0. The predicted molar refractivity (Wildman–Crippen MR) is 117 cm³/mol. The van der Waals surface area contributed by atoms with Gasteiger partial charge in [-0.15, -0.1) is 0 Å². The second kappa shape index (κ2) is 9.63. The standard InChI is InChI=1S/C25H22N2O4/c1-29-21-13-11-19(12-14-21)25-27-20(17-31-25)16-30-23-10-6-5-9-22(23)24(28)26-15-18-7-3-2-4-8-18/h2-14,17H,15-16H2,1H3,(H,26,28). The Morgan fingerprint density at radius 1 is 0.968 bits per heavy atom. The number of oxazole rings is 1. The molecule has 1 heterocycles. The summed E-state index contributed by atoms with van der Waals surface area (Å²) in [6.07, 6.45) is 1.55. The third kappa shape index (κ3) is 5.11. The van der Waals surface area contributed by atoms with E-state index >= 15 is 0 Å². The van der Waals surface area contributed by atoms with Crippen LogP contribution >= 0.6 is 0 Å². The zero-order valence-corrected chi connectivity index (χ0v) is 17.1. The van der Waals surface area contributed by atoms with Crippen molar-refractivity contribution < 1.29 is 18.7 Å². The fourth-order valence-electron chi connectivity index (χ4n) is 3.04. The van der Waals surface area contributed by atoms with Crippen molar-refractivity contribution in [2.75, 3.05) is 7.11 Å². The summed E-state index contributed by atoms with van der Waals surface area (Å²) in [6, 6.07) is 24.3. The summed E-state index contributed by atoms with van der Waals surface area (Å²) in [4.78, 5) is 17.1. The van der Waals surface area contributed by atoms with Crippen LogP contribution in [0, 0.1) is 0 Å². The number of carbonyl (C=O) groups is 1. The van der Waals surface area contributed by atoms with Crippen LogP contribution in [0.15, 0.2) is 89.5 Å². The third-order valence-corrected chi connectivity index (χ3v) is 4.69. The molecule has 3 aromatic carbocycles. The van der Waals surface area contributed by atoms with Crippen molar-refractivity contribution in [2.45, 2.75) is 13.2 Å². The summed E-state index contributed by atoms with van der Waals surface area (Å²) in [6.45, 7) is 0.630. The van der Waals surface area contributed by atoms with E-state index in [-0.39, 0.29) is 12.5 Å². The first-order chi connectivity index (χ1) is 15.2. The van der Waals surface area contributed by atoms with Gasteiger partial charge in [-0.25, -0.2) is 4.98 Å². The molecule has 1 N–H and O–H groups in total. The van der Waals surface area contributed by atoms with Crippen LogP contribution in [0.4, 0.5) is 0 Å². The molecule has 1 aromatic heterocycles. The summed E-state index contributed by atoms with van der Waals surface area (Å²) in [7, 11) is 1.62. The van der Waals surface area contributed by atoms with Crippen molar-refractivity contribution in [1.82, 2.24) is 10.3 Å². The lowest BCUT2D eigenvalue weighted by Gasteiger charge is -2.11. The monoisotopic (exact) mass is 414 g/mol. The Bertz CT molecular complexity index is 1140. The van der Waals surface area contributed by atoms with Crippen LogP contribution < -0.4 is 14.8 Å². The molecule has 0 bridgehead atoms. The molecule has 0 spiro atoms. The molecule has 6 nitrogen and oxygen atoms in total. The van der Waals surface area contributed by atoms with E-state index < -0.39 is 0 Å². The Morgan fingerprint density at radius 3 is 2.48 bits per heavy atom. The van der Waals surface area contributed by atoms with E-state index in [2.05, 4.69) is 10.3 Å². The molecule has 0 saturated carbocycles. The number of methoxy groups -OCH3 is 1. The summed E-state index contributed by atoms with van der Waals surface area (Å²) in [5.41, 5.74) is 2.97. The number of carbonyl (C=O) groups excluding carboxylic acids is 1. The highest BCUT2D eigenvalue weighted by molar-refractivity contribution is 5.96. The van der Waals surface area contributed by atoms with Crippen LogP contribution in [0.25, 0.3) is 11.5 Å². The fourth-order valence-corrected chi connectivity index (χ4v) is 3.04. The van der Waals surface area contributed by atoms with Crippen LogP contribution in [-0.4, -0.2) is 18.0 Å². The Balaban J connectivity index is 1.40. The number of rotatable bonds is 8. The lowest BCUT2D eigenvalue weighted by atomic mass is 10.1. The van der Waals surface area contributed by atoms with Crippen molar-refractivity contribution >= 4 is 5.91 Å². The molecule has 0 fully saturated rings. The third-order valence-electron chi connectivity index (χ3n) is 4.69. The summed E-state index contributed by atoms with van der Waals surface area (Å²) in [5.74, 6) is 1.55. The number of nitrogens with one attached hydrogen (secondary N) is 1. The van der Waals surface area contributed by atoms with Crippen LogP contribution in [0.5, 0.6) is 11.5 Å². The van der Waals surface area contributed by atoms with Gasteiger partial charge in [-0.1, -0.05) is 42.5 Å². The van der Waals surface area contributed by atoms with Gasteiger partial charge in [0.1, 0.15) is 30.1 Å². The van der Waals surface area contributed by atoms with Crippen LogP contribution in [0.1, 0.15) is 21.6 Å². The minimum absolute atomic E-state index is 0.183. The minimum atomic E-state index is -0.196. The zero-order valence-electron chi connectivity index (χ0n) is 17.1. The highest BCUT2D eigenvalue weighted by Gasteiger charge is 2.13.